The van der Waals surface area contributed by atoms with Gasteiger partial charge in [0, 0.05) is 28.4 Å². The number of sulfonamides is 1. The average molecular weight is 501 g/mol. The van der Waals surface area contributed by atoms with E-state index in [1.807, 2.05) is 48.5 Å². The van der Waals surface area contributed by atoms with E-state index in [-0.39, 0.29) is 23.2 Å². The topological polar surface area (TPSA) is 92.6 Å². The molecule has 2 N–H and O–H groups in total. The first-order chi connectivity index (χ1) is 17.4. The third-order valence-electron chi connectivity index (χ3n) is 5.67. The highest BCUT2D eigenvalue weighted by molar-refractivity contribution is 7.89. The Labute approximate surface area is 206 Å². The number of anilines is 1. The second-order valence-electron chi connectivity index (χ2n) is 8.15. The van der Waals surface area contributed by atoms with Crippen molar-refractivity contribution in [3.8, 4) is 0 Å². The number of carbonyl (C=O) groups excluding carboxylic acids is 1. The van der Waals surface area contributed by atoms with Gasteiger partial charge in [-0.05, 0) is 53.2 Å². The Kier molecular flexibility index (Phi) is 6.22. The Morgan fingerprint density at radius 2 is 1.64 bits per heavy atom. The monoisotopic (exact) mass is 500 g/mol. The van der Waals surface area contributed by atoms with Crippen molar-refractivity contribution in [1.82, 2.24) is 9.40 Å². The van der Waals surface area contributed by atoms with Gasteiger partial charge in [-0.25, -0.2) is 9.22 Å². The molecule has 0 unspecified atom stereocenters. The maximum atomic E-state index is 13.1. The molecule has 180 valence electrons. The molecule has 0 atom stereocenters. The first-order valence-corrected chi connectivity index (χ1v) is 12.5. The van der Waals surface area contributed by atoms with Gasteiger partial charge < -0.3 is 9.88 Å². The van der Waals surface area contributed by atoms with Crippen LogP contribution in [0, 0.1) is 5.82 Å². The molecule has 0 aliphatic carbocycles. The highest BCUT2D eigenvalue weighted by Gasteiger charge is 2.14. The number of hydrogen-bond donors (Lipinski definition) is 2. The zero-order valence-corrected chi connectivity index (χ0v) is 19.7. The number of nitrogens with zero attached hydrogens (tertiary/aromatic N) is 2. The molecule has 0 radical (unpaired) electrons. The Morgan fingerprint density at radius 3 is 2.44 bits per heavy atom. The SMILES string of the molecule is O=C(Cn1cc(C=NNS(=O)(=O)c2ccc3ccccc3c2)c2ccccc21)Nc1ccc(F)cc1. The van der Waals surface area contributed by atoms with Gasteiger partial charge in [0.1, 0.15) is 12.4 Å². The van der Waals surface area contributed by atoms with E-state index in [1.165, 1.54) is 36.5 Å². The Balaban J connectivity index is 1.35. The first kappa shape index (κ1) is 23.3. The molecule has 9 heteroatoms. The van der Waals surface area contributed by atoms with Crippen molar-refractivity contribution >= 4 is 49.5 Å². The molecule has 0 saturated heterocycles. The minimum atomic E-state index is -3.87. The molecule has 0 saturated carbocycles. The number of para-hydroxylation sites is 1. The zero-order valence-electron chi connectivity index (χ0n) is 18.9. The number of nitrogens with one attached hydrogen (secondary N) is 2. The third-order valence-corrected chi connectivity index (χ3v) is 6.89. The lowest BCUT2D eigenvalue weighted by Crippen LogP contribution is -2.18. The minimum Gasteiger partial charge on any atom is -0.337 e. The number of benzene rings is 4. The standard InChI is InChI=1S/C27H21FN4O3S/c28-22-10-12-23(13-11-22)30-27(33)18-32-17-21(25-7-3-4-8-26(25)32)16-29-31-36(34,35)24-14-9-19-5-1-2-6-20(19)15-24/h1-17,31H,18H2,(H,30,33). The van der Waals surface area contributed by atoms with Crippen LogP contribution in [0.1, 0.15) is 5.56 Å². The van der Waals surface area contributed by atoms with Gasteiger partial charge in [-0.15, -0.1) is 0 Å². The van der Waals surface area contributed by atoms with Gasteiger partial charge in [0.15, 0.2) is 0 Å². The lowest BCUT2D eigenvalue weighted by atomic mass is 10.1. The van der Waals surface area contributed by atoms with Crippen molar-refractivity contribution in [2.24, 2.45) is 5.10 Å². The fourth-order valence-electron chi connectivity index (χ4n) is 3.95. The van der Waals surface area contributed by atoms with E-state index >= 15 is 0 Å². The van der Waals surface area contributed by atoms with Crippen molar-refractivity contribution in [1.29, 1.82) is 0 Å². The molecule has 36 heavy (non-hydrogen) atoms. The summed E-state index contributed by atoms with van der Waals surface area (Å²) in [4.78, 5) is 14.9. The van der Waals surface area contributed by atoms with Crippen LogP contribution in [0.3, 0.4) is 0 Å². The summed E-state index contributed by atoms with van der Waals surface area (Å²) in [6, 6.07) is 25.3. The van der Waals surface area contributed by atoms with Crippen LogP contribution in [0.2, 0.25) is 0 Å². The summed E-state index contributed by atoms with van der Waals surface area (Å²) in [5, 5.41) is 9.27. The molecule has 0 fully saturated rings. The van der Waals surface area contributed by atoms with E-state index in [0.717, 1.165) is 21.7 Å². The van der Waals surface area contributed by atoms with Crippen LogP contribution < -0.4 is 10.1 Å². The van der Waals surface area contributed by atoms with Crippen LogP contribution in [0.15, 0.2) is 107 Å². The van der Waals surface area contributed by atoms with E-state index in [1.54, 1.807) is 22.9 Å². The summed E-state index contributed by atoms with van der Waals surface area (Å²) in [6.07, 6.45) is 3.14. The molecule has 1 heterocycles. The number of fused-ring (bicyclic) bond motifs is 2. The van der Waals surface area contributed by atoms with Gasteiger partial charge >= 0.3 is 0 Å². The lowest BCUT2D eigenvalue weighted by molar-refractivity contribution is -0.116. The van der Waals surface area contributed by atoms with E-state index < -0.39 is 10.0 Å². The molecule has 0 aliphatic heterocycles. The van der Waals surface area contributed by atoms with Crippen LogP contribution in [-0.4, -0.2) is 25.1 Å². The summed E-state index contributed by atoms with van der Waals surface area (Å²) in [5.74, 6) is -0.674. The van der Waals surface area contributed by atoms with Gasteiger partial charge in [-0.3, -0.25) is 4.79 Å². The normalized spacial score (nSPS) is 11.8. The van der Waals surface area contributed by atoms with Crippen molar-refractivity contribution in [3.63, 3.8) is 0 Å². The maximum Gasteiger partial charge on any atom is 0.276 e. The van der Waals surface area contributed by atoms with Gasteiger partial charge in [-0.1, -0.05) is 48.5 Å². The Bertz CT molecular complexity index is 1710. The third kappa shape index (κ3) is 4.96. The number of hydrazone groups is 1. The van der Waals surface area contributed by atoms with Crippen LogP contribution >= 0.6 is 0 Å². The molecule has 5 aromatic rings. The molecule has 1 amide bonds. The highest BCUT2D eigenvalue weighted by Crippen LogP contribution is 2.21. The predicted octanol–water partition coefficient (Wildman–Crippen LogP) is 4.88. The molecular formula is C27H21FN4O3S. The average Bonchev–Trinajstić information content (AvgIpc) is 3.22. The predicted molar refractivity (Wildman–Crippen MR) is 139 cm³/mol. The molecule has 1 aromatic heterocycles. The number of carbonyl (C=O) groups is 1. The minimum absolute atomic E-state index is 0.00848. The summed E-state index contributed by atoms with van der Waals surface area (Å²) in [5.41, 5.74) is 1.91. The first-order valence-electron chi connectivity index (χ1n) is 11.1. The number of hydrogen-bond acceptors (Lipinski definition) is 4. The smallest absolute Gasteiger partial charge is 0.276 e. The van der Waals surface area contributed by atoms with E-state index in [0.29, 0.717) is 11.3 Å². The van der Waals surface area contributed by atoms with Crippen molar-refractivity contribution in [3.05, 3.63) is 109 Å². The summed E-state index contributed by atoms with van der Waals surface area (Å²) in [6.45, 7) is 0.00848. The van der Waals surface area contributed by atoms with Crippen molar-refractivity contribution in [2.75, 3.05) is 5.32 Å². The van der Waals surface area contributed by atoms with Crippen molar-refractivity contribution < 1.29 is 17.6 Å². The molecule has 5 rings (SSSR count). The summed E-state index contributed by atoms with van der Waals surface area (Å²) >= 11 is 0. The van der Waals surface area contributed by atoms with Crippen LogP contribution in [0.4, 0.5) is 10.1 Å². The number of amides is 1. The summed E-state index contributed by atoms with van der Waals surface area (Å²) in [7, 11) is -3.87. The quantitative estimate of drug-likeness (QED) is 0.246. The molecule has 0 bridgehead atoms. The Morgan fingerprint density at radius 1 is 0.917 bits per heavy atom. The largest absolute Gasteiger partial charge is 0.337 e. The molecule has 0 aliphatic rings. The van der Waals surface area contributed by atoms with Gasteiger partial charge in [0.05, 0.1) is 11.1 Å². The molecule has 0 spiro atoms. The van der Waals surface area contributed by atoms with Gasteiger partial charge in [-0.2, -0.15) is 13.5 Å². The van der Waals surface area contributed by atoms with Gasteiger partial charge in [0.2, 0.25) is 5.91 Å². The number of aromatic nitrogens is 1. The van der Waals surface area contributed by atoms with Crippen molar-refractivity contribution in [2.45, 2.75) is 11.4 Å². The molecule has 7 nitrogen and oxygen atoms in total. The maximum absolute atomic E-state index is 13.1. The highest BCUT2D eigenvalue weighted by atomic mass is 32.2. The van der Waals surface area contributed by atoms with E-state index in [9.17, 15) is 17.6 Å². The lowest BCUT2D eigenvalue weighted by Gasteiger charge is -2.07. The van der Waals surface area contributed by atoms with E-state index in [4.69, 9.17) is 0 Å². The second kappa shape index (κ2) is 9.63. The number of rotatable bonds is 7. The zero-order chi connectivity index (χ0) is 25.1. The molecular weight excluding hydrogens is 479 g/mol. The van der Waals surface area contributed by atoms with E-state index in [2.05, 4.69) is 15.2 Å². The fourth-order valence-corrected chi connectivity index (χ4v) is 4.78. The Hall–Kier alpha value is -4.50. The number of halogens is 1. The van der Waals surface area contributed by atoms with Gasteiger partial charge in [0.25, 0.3) is 10.0 Å². The van der Waals surface area contributed by atoms with Crippen LogP contribution in [0.5, 0.6) is 0 Å². The summed E-state index contributed by atoms with van der Waals surface area (Å²) < 4.78 is 40.4. The molecule has 4 aromatic carbocycles. The fraction of sp³-hybridized carbons (Fsp3) is 0.0370. The van der Waals surface area contributed by atoms with Crippen LogP contribution in [-0.2, 0) is 21.4 Å². The van der Waals surface area contributed by atoms with Crippen LogP contribution in [0.25, 0.3) is 21.7 Å². The second-order valence-corrected chi connectivity index (χ2v) is 9.81.